The van der Waals surface area contributed by atoms with Gasteiger partial charge in [-0.15, -0.1) is 0 Å². The summed E-state index contributed by atoms with van der Waals surface area (Å²) in [6, 6.07) is 7.67. The predicted octanol–water partition coefficient (Wildman–Crippen LogP) is 1.42. The minimum absolute atomic E-state index is 0.0756. The Morgan fingerprint density at radius 3 is 3.20 bits per heavy atom. The van der Waals surface area contributed by atoms with E-state index in [0.29, 0.717) is 13.0 Å². The maximum atomic E-state index is 11.2. The fourth-order valence-electron chi connectivity index (χ4n) is 1.76. The monoisotopic (exact) mass is 202 g/mol. The number of benzene rings is 1. The Kier molecular flexibility index (Phi) is 2.61. The lowest BCUT2D eigenvalue weighted by Gasteiger charge is -2.03. The molecule has 1 unspecified atom stereocenters. The van der Waals surface area contributed by atoms with Crippen LogP contribution in [0.5, 0.6) is 5.75 Å². The summed E-state index contributed by atoms with van der Waals surface area (Å²) < 4.78 is 5.43. The second-order valence-electron chi connectivity index (χ2n) is 3.46. The van der Waals surface area contributed by atoms with E-state index >= 15 is 0 Å². The van der Waals surface area contributed by atoms with Crippen molar-refractivity contribution < 1.29 is 14.3 Å². The van der Waals surface area contributed by atoms with Crippen LogP contribution in [0.1, 0.15) is 17.9 Å². The van der Waals surface area contributed by atoms with Gasteiger partial charge in [-0.2, -0.15) is 4.79 Å². The quantitative estimate of drug-likeness (QED) is 0.422. The smallest absolute Gasteiger partial charge is 0.323 e. The second-order valence-corrected chi connectivity index (χ2v) is 3.46. The van der Waals surface area contributed by atoms with Crippen LogP contribution in [0.3, 0.4) is 0 Å². The van der Waals surface area contributed by atoms with Crippen LogP contribution in [0.15, 0.2) is 24.3 Å². The summed E-state index contributed by atoms with van der Waals surface area (Å²) >= 11 is 0. The molecule has 1 aromatic rings. The van der Waals surface area contributed by atoms with Crippen LogP contribution in [0.25, 0.3) is 5.53 Å². The Labute approximate surface area is 87.1 Å². The molecule has 0 aromatic heterocycles. The Balaban J connectivity index is 2.14. The first-order chi connectivity index (χ1) is 7.31. The zero-order chi connectivity index (χ0) is 10.7. The summed E-state index contributed by atoms with van der Waals surface area (Å²) in [5.41, 5.74) is 9.28. The zero-order valence-electron chi connectivity index (χ0n) is 8.09. The van der Waals surface area contributed by atoms with E-state index in [9.17, 15) is 4.79 Å². The molecule has 76 valence electrons. The lowest BCUT2D eigenvalue weighted by atomic mass is 9.96. The Hall–Kier alpha value is -1.93. The molecule has 0 spiro atoms. The topological polar surface area (TPSA) is 62.7 Å². The summed E-state index contributed by atoms with van der Waals surface area (Å²) in [6.45, 7) is 0.518. The van der Waals surface area contributed by atoms with Gasteiger partial charge >= 0.3 is 6.21 Å². The number of ether oxygens (including phenoxy) is 1. The van der Waals surface area contributed by atoms with Gasteiger partial charge in [0.2, 0.25) is 5.78 Å². The van der Waals surface area contributed by atoms with Crippen molar-refractivity contribution in [2.45, 2.75) is 12.3 Å². The van der Waals surface area contributed by atoms with E-state index in [2.05, 4.69) is 4.79 Å². The van der Waals surface area contributed by atoms with E-state index in [-0.39, 0.29) is 11.7 Å². The van der Waals surface area contributed by atoms with E-state index in [4.69, 9.17) is 10.3 Å². The van der Waals surface area contributed by atoms with Gasteiger partial charge in [-0.25, -0.2) is 0 Å². The Morgan fingerprint density at radius 1 is 1.60 bits per heavy atom. The van der Waals surface area contributed by atoms with Gasteiger partial charge in [0, 0.05) is 17.9 Å². The van der Waals surface area contributed by atoms with Crippen molar-refractivity contribution in [1.82, 2.24) is 0 Å². The first-order valence-electron chi connectivity index (χ1n) is 4.73. The molecule has 1 atom stereocenters. The van der Waals surface area contributed by atoms with Gasteiger partial charge in [-0.05, 0) is 6.07 Å². The van der Waals surface area contributed by atoms with Crippen LogP contribution < -0.4 is 4.74 Å². The molecule has 1 aliphatic heterocycles. The number of fused-ring (bicyclic) bond motifs is 1. The van der Waals surface area contributed by atoms with Gasteiger partial charge in [0.1, 0.15) is 5.75 Å². The summed E-state index contributed by atoms with van der Waals surface area (Å²) in [7, 11) is 0. The highest BCUT2D eigenvalue weighted by atomic mass is 16.5. The molecule has 1 aliphatic rings. The molecule has 0 amide bonds. The highest BCUT2D eigenvalue weighted by molar-refractivity contribution is 6.25. The minimum atomic E-state index is -0.192. The largest absolute Gasteiger partial charge is 0.493 e. The van der Waals surface area contributed by atoms with Crippen molar-refractivity contribution >= 4 is 12.0 Å². The van der Waals surface area contributed by atoms with Gasteiger partial charge in [-0.3, -0.25) is 4.79 Å². The lowest BCUT2D eigenvalue weighted by Crippen LogP contribution is -2.09. The van der Waals surface area contributed by atoms with Gasteiger partial charge in [0.25, 0.3) is 0 Å². The van der Waals surface area contributed by atoms with E-state index in [0.717, 1.165) is 17.5 Å². The van der Waals surface area contributed by atoms with Gasteiger partial charge in [-0.1, -0.05) is 18.2 Å². The molecule has 0 aliphatic carbocycles. The third-order valence-electron chi connectivity index (χ3n) is 2.45. The summed E-state index contributed by atoms with van der Waals surface area (Å²) in [5, 5.41) is 0. The number of carbonyl (C=O) groups is 1. The van der Waals surface area contributed by atoms with Crippen LogP contribution in [0.4, 0.5) is 0 Å². The van der Waals surface area contributed by atoms with Gasteiger partial charge in [0.05, 0.1) is 6.61 Å². The number of rotatable bonds is 3. The molecular formula is C11H10N2O2. The highest BCUT2D eigenvalue weighted by Crippen LogP contribution is 2.35. The molecule has 4 heteroatoms. The third-order valence-corrected chi connectivity index (χ3v) is 2.45. The van der Waals surface area contributed by atoms with Crippen molar-refractivity contribution in [2.24, 2.45) is 0 Å². The first-order valence-corrected chi connectivity index (χ1v) is 4.73. The van der Waals surface area contributed by atoms with Crippen LogP contribution >= 0.6 is 0 Å². The van der Waals surface area contributed by atoms with E-state index in [1.807, 2.05) is 24.3 Å². The number of nitrogens with zero attached hydrogens (tertiary/aromatic N) is 2. The zero-order valence-corrected chi connectivity index (χ0v) is 8.09. The fourth-order valence-corrected chi connectivity index (χ4v) is 1.76. The standard InChI is InChI=1S/C11H10N2O2/c12-13-6-9(14)5-8-7-15-11-4-2-1-3-10(8)11/h1-4,6,8H,5,7H2. The Morgan fingerprint density at radius 2 is 2.40 bits per heavy atom. The van der Waals surface area contributed by atoms with Crippen molar-refractivity contribution in [3.8, 4) is 5.75 Å². The summed E-state index contributed by atoms with van der Waals surface area (Å²) in [6.07, 6.45) is 1.25. The second kappa shape index (κ2) is 4.07. The van der Waals surface area contributed by atoms with Gasteiger partial charge in [0.15, 0.2) is 0 Å². The maximum absolute atomic E-state index is 11.2. The molecule has 15 heavy (non-hydrogen) atoms. The average molecular weight is 202 g/mol. The minimum Gasteiger partial charge on any atom is -0.493 e. The van der Waals surface area contributed by atoms with Crippen molar-refractivity contribution in [3.63, 3.8) is 0 Å². The number of carbonyl (C=O) groups excluding carboxylic acids is 1. The van der Waals surface area contributed by atoms with E-state index < -0.39 is 0 Å². The summed E-state index contributed by atoms with van der Waals surface area (Å²) in [4.78, 5) is 14.0. The van der Waals surface area contributed by atoms with Crippen molar-refractivity contribution in [3.05, 3.63) is 35.4 Å². The van der Waals surface area contributed by atoms with Crippen LogP contribution in [-0.4, -0.2) is 23.4 Å². The van der Waals surface area contributed by atoms with Crippen LogP contribution in [0.2, 0.25) is 0 Å². The van der Waals surface area contributed by atoms with Gasteiger partial charge < -0.3 is 10.3 Å². The van der Waals surface area contributed by atoms with Crippen LogP contribution in [-0.2, 0) is 4.79 Å². The predicted molar refractivity (Wildman–Crippen MR) is 54.0 cm³/mol. The Bertz CT molecular complexity index is 436. The molecule has 0 bridgehead atoms. The molecule has 1 heterocycles. The molecule has 0 saturated carbocycles. The van der Waals surface area contributed by atoms with Crippen molar-refractivity contribution in [2.75, 3.05) is 6.61 Å². The number of hydrogen-bond donors (Lipinski definition) is 0. The molecule has 4 nitrogen and oxygen atoms in total. The van der Waals surface area contributed by atoms with Crippen LogP contribution in [0, 0.1) is 0 Å². The SMILES string of the molecule is [N-]=[N+]=CC(=O)CC1COc2ccccc21. The first kappa shape index (κ1) is 9.62. The fraction of sp³-hybridized carbons (Fsp3) is 0.273. The molecule has 0 N–H and O–H groups in total. The lowest BCUT2D eigenvalue weighted by molar-refractivity contribution is -0.116. The molecule has 0 radical (unpaired) electrons. The normalized spacial score (nSPS) is 17.5. The molecule has 1 aromatic carbocycles. The number of para-hydroxylation sites is 1. The summed E-state index contributed by atoms with van der Waals surface area (Å²) in [5.74, 6) is 0.728. The van der Waals surface area contributed by atoms with E-state index in [1.165, 1.54) is 0 Å². The number of Topliss-reactive ketones (excluding diaryl/α,β-unsaturated/α-hetero) is 1. The molecular weight excluding hydrogens is 192 g/mol. The maximum Gasteiger partial charge on any atom is 0.323 e. The highest BCUT2D eigenvalue weighted by Gasteiger charge is 2.26. The molecule has 2 rings (SSSR count). The number of hydrogen-bond acceptors (Lipinski definition) is 2. The average Bonchev–Trinajstić information content (AvgIpc) is 2.62. The molecule has 0 fully saturated rings. The van der Waals surface area contributed by atoms with Crippen molar-refractivity contribution in [1.29, 1.82) is 0 Å². The van der Waals surface area contributed by atoms with E-state index in [1.54, 1.807) is 0 Å². The third kappa shape index (κ3) is 1.95. The number of ketones is 1. The molecule has 0 saturated heterocycles.